The fraction of sp³-hybridized carbons (Fsp3) is 0.333. The molecular formula is C27H32F2N7O3P. The van der Waals surface area contributed by atoms with Gasteiger partial charge in [-0.05, 0) is 44.9 Å². The summed E-state index contributed by atoms with van der Waals surface area (Å²) in [6.45, 7) is 2.31. The zero-order valence-corrected chi connectivity index (χ0v) is 24.1. The van der Waals surface area contributed by atoms with Gasteiger partial charge in [0.1, 0.15) is 5.69 Å². The van der Waals surface area contributed by atoms with Crippen LogP contribution < -0.4 is 20.3 Å². The van der Waals surface area contributed by atoms with E-state index in [4.69, 9.17) is 4.74 Å². The molecule has 0 saturated carbocycles. The molecule has 0 saturated heterocycles. The van der Waals surface area contributed by atoms with Gasteiger partial charge in [-0.25, -0.2) is 9.97 Å². The molecule has 0 unspecified atom stereocenters. The normalized spacial score (nSPS) is 11.6. The second kappa shape index (κ2) is 12.1. The Balaban J connectivity index is 1.73. The second-order valence-electron chi connectivity index (χ2n) is 9.84. The third-order valence-electron chi connectivity index (χ3n) is 6.45. The van der Waals surface area contributed by atoms with Crippen molar-refractivity contribution >= 4 is 47.1 Å². The number of hydrogen-bond donors (Lipinski definition) is 1. The van der Waals surface area contributed by atoms with Crippen molar-refractivity contribution in [1.29, 1.82) is 0 Å². The summed E-state index contributed by atoms with van der Waals surface area (Å²) in [4.78, 5) is 23.8. The Morgan fingerprint density at radius 1 is 1.15 bits per heavy atom. The lowest BCUT2D eigenvalue weighted by molar-refractivity contribution is -0.384. The van der Waals surface area contributed by atoms with Crippen molar-refractivity contribution in [2.24, 2.45) is 7.05 Å². The minimum absolute atomic E-state index is 0.0456. The lowest BCUT2D eigenvalue weighted by Crippen LogP contribution is -2.29. The number of likely N-dealkylation sites (N-methyl/N-ethyl adjacent to an activating group) is 2. The van der Waals surface area contributed by atoms with E-state index in [1.54, 1.807) is 24.2 Å². The number of alkyl halides is 2. The summed E-state index contributed by atoms with van der Waals surface area (Å²) < 4.78 is 33.5. The topological polar surface area (TPSA) is 102 Å². The molecule has 13 heteroatoms. The zero-order chi connectivity index (χ0) is 29.1. The van der Waals surface area contributed by atoms with Crippen molar-refractivity contribution in [3.8, 4) is 17.0 Å². The lowest BCUT2D eigenvalue weighted by atomic mass is 10.1. The molecule has 0 amide bonds. The van der Waals surface area contributed by atoms with Crippen molar-refractivity contribution in [3.05, 3.63) is 58.9 Å². The molecule has 212 valence electrons. The first-order valence-corrected chi connectivity index (χ1v) is 14.7. The first kappa shape index (κ1) is 29.1. The standard InChI is InChI=1S/C27H32F2N7O3P/c1-33(2)11-12-34(3)23-15-25(39-26(28)29)21(14-24(23)36(37)38)32-27-30-10-9-20(31-27)19-16-35(4)22-13-17(40(5)6)7-8-18(19)22/h7-10,13-16,26H,11-12H2,1-6H3,(H,30,31,32). The molecule has 0 atom stereocenters. The number of nitrogens with zero attached hydrogens (tertiary/aromatic N) is 6. The Kier molecular flexibility index (Phi) is 8.80. The van der Waals surface area contributed by atoms with Crippen molar-refractivity contribution in [3.63, 3.8) is 0 Å². The molecule has 0 aliphatic carbocycles. The second-order valence-corrected chi connectivity index (χ2v) is 12.1. The number of anilines is 3. The summed E-state index contributed by atoms with van der Waals surface area (Å²) in [5.41, 5.74) is 2.39. The van der Waals surface area contributed by atoms with E-state index in [0.29, 0.717) is 18.8 Å². The lowest BCUT2D eigenvalue weighted by Gasteiger charge is -2.23. The molecule has 0 aliphatic heterocycles. The van der Waals surface area contributed by atoms with Gasteiger partial charge in [-0.2, -0.15) is 8.78 Å². The summed E-state index contributed by atoms with van der Waals surface area (Å²) in [5.74, 6) is -0.173. The monoisotopic (exact) mass is 571 g/mol. The minimum Gasteiger partial charge on any atom is -0.433 e. The summed E-state index contributed by atoms with van der Waals surface area (Å²) in [6.07, 6.45) is 3.52. The highest BCUT2D eigenvalue weighted by molar-refractivity contribution is 7.64. The van der Waals surface area contributed by atoms with Crippen LogP contribution in [0.15, 0.2) is 48.8 Å². The molecule has 2 aromatic heterocycles. The quantitative estimate of drug-likeness (QED) is 0.148. The molecule has 0 aliphatic rings. The van der Waals surface area contributed by atoms with Crippen molar-refractivity contribution in [1.82, 2.24) is 19.4 Å². The number of benzene rings is 2. The van der Waals surface area contributed by atoms with Crippen LogP contribution in [-0.4, -0.2) is 78.5 Å². The van der Waals surface area contributed by atoms with Gasteiger partial charge in [-0.1, -0.05) is 20.1 Å². The van der Waals surface area contributed by atoms with Crippen LogP contribution in [0.2, 0.25) is 0 Å². The Labute approximate surface area is 232 Å². The van der Waals surface area contributed by atoms with E-state index < -0.39 is 11.5 Å². The van der Waals surface area contributed by atoms with Crippen LogP contribution in [0.3, 0.4) is 0 Å². The Morgan fingerprint density at radius 3 is 2.55 bits per heavy atom. The van der Waals surface area contributed by atoms with E-state index in [9.17, 15) is 18.9 Å². The molecule has 4 rings (SSSR count). The number of aromatic nitrogens is 3. The summed E-state index contributed by atoms with van der Waals surface area (Å²) in [7, 11) is 7.11. The summed E-state index contributed by atoms with van der Waals surface area (Å²) in [5, 5.41) is 17.1. The highest BCUT2D eigenvalue weighted by Gasteiger charge is 2.24. The van der Waals surface area contributed by atoms with Gasteiger partial charge in [0.05, 0.1) is 16.3 Å². The number of nitrogens with one attached hydrogen (secondary N) is 1. The summed E-state index contributed by atoms with van der Waals surface area (Å²) >= 11 is 0. The maximum Gasteiger partial charge on any atom is 0.387 e. The van der Waals surface area contributed by atoms with Gasteiger partial charge in [-0.3, -0.25) is 10.1 Å². The van der Waals surface area contributed by atoms with Gasteiger partial charge in [-0.15, -0.1) is 0 Å². The summed E-state index contributed by atoms with van der Waals surface area (Å²) in [6, 6.07) is 10.5. The number of aryl methyl sites for hydroxylation is 1. The average molecular weight is 572 g/mol. The molecule has 0 radical (unpaired) electrons. The average Bonchev–Trinajstić information content (AvgIpc) is 3.23. The molecule has 2 heterocycles. The number of hydrogen-bond acceptors (Lipinski definition) is 8. The van der Waals surface area contributed by atoms with Crippen LogP contribution >= 0.6 is 7.92 Å². The first-order chi connectivity index (χ1) is 18.9. The Bertz CT molecular complexity index is 1530. The highest BCUT2D eigenvalue weighted by Crippen LogP contribution is 2.40. The van der Waals surface area contributed by atoms with E-state index >= 15 is 0 Å². The predicted molar refractivity (Wildman–Crippen MR) is 157 cm³/mol. The Hall–Kier alpha value is -3.89. The van der Waals surface area contributed by atoms with Gasteiger partial charge >= 0.3 is 6.61 Å². The van der Waals surface area contributed by atoms with E-state index in [1.165, 1.54) is 17.4 Å². The Morgan fingerprint density at radius 2 is 1.90 bits per heavy atom. The minimum atomic E-state index is -3.14. The van der Waals surface area contributed by atoms with Gasteiger partial charge in [0.15, 0.2) is 5.75 Å². The van der Waals surface area contributed by atoms with Crippen LogP contribution in [0, 0.1) is 10.1 Å². The number of ether oxygens (including phenoxy) is 1. The van der Waals surface area contributed by atoms with E-state index in [1.807, 2.05) is 36.8 Å². The molecule has 2 aromatic carbocycles. The molecule has 40 heavy (non-hydrogen) atoms. The number of fused-ring (bicyclic) bond motifs is 1. The SMILES string of the molecule is CN(C)CCN(C)c1cc(OC(F)F)c(Nc2nccc(-c3cn(C)c4cc(P(C)C)ccc34)n2)cc1[N+](=O)[O-]. The maximum absolute atomic E-state index is 13.4. The molecule has 0 fully saturated rings. The van der Waals surface area contributed by atoms with E-state index in [2.05, 4.69) is 46.8 Å². The fourth-order valence-electron chi connectivity index (χ4n) is 4.32. The van der Waals surface area contributed by atoms with Gasteiger partial charge in [0.25, 0.3) is 5.69 Å². The molecule has 1 N–H and O–H groups in total. The molecular weight excluding hydrogens is 539 g/mol. The maximum atomic E-state index is 13.4. The third-order valence-corrected chi connectivity index (χ3v) is 7.76. The highest BCUT2D eigenvalue weighted by atomic mass is 31.1. The van der Waals surface area contributed by atoms with Crippen molar-refractivity contribution < 1.29 is 18.4 Å². The third kappa shape index (κ3) is 6.46. The van der Waals surface area contributed by atoms with Crippen LogP contribution in [0.1, 0.15) is 0 Å². The fourth-order valence-corrected chi connectivity index (χ4v) is 5.07. The van der Waals surface area contributed by atoms with Crippen LogP contribution in [-0.2, 0) is 7.05 Å². The van der Waals surface area contributed by atoms with Gasteiger partial charge in [0, 0.05) is 68.2 Å². The predicted octanol–water partition coefficient (Wildman–Crippen LogP) is 5.25. The molecule has 4 aromatic rings. The van der Waals surface area contributed by atoms with Crippen molar-refractivity contribution in [2.75, 3.05) is 57.8 Å². The zero-order valence-electron chi connectivity index (χ0n) is 23.2. The smallest absolute Gasteiger partial charge is 0.387 e. The first-order valence-electron chi connectivity index (χ1n) is 12.4. The number of rotatable bonds is 11. The molecule has 0 bridgehead atoms. The molecule has 10 nitrogen and oxygen atoms in total. The van der Waals surface area contributed by atoms with E-state index in [0.717, 1.165) is 16.5 Å². The van der Waals surface area contributed by atoms with Gasteiger partial charge in [0.2, 0.25) is 5.95 Å². The van der Waals surface area contributed by atoms with E-state index in [-0.39, 0.29) is 36.7 Å². The number of nitro groups is 1. The van der Waals surface area contributed by atoms with Crippen LogP contribution in [0.5, 0.6) is 5.75 Å². The number of halogens is 2. The van der Waals surface area contributed by atoms with Crippen LogP contribution in [0.25, 0.3) is 22.2 Å². The van der Waals surface area contributed by atoms with Crippen molar-refractivity contribution in [2.45, 2.75) is 6.61 Å². The van der Waals surface area contributed by atoms with Gasteiger partial charge < -0.3 is 24.4 Å². The molecule has 0 spiro atoms. The number of nitro benzene ring substituents is 1. The van der Waals surface area contributed by atoms with Crippen LogP contribution in [0.4, 0.5) is 31.8 Å². The largest absolute Gasteiger partial charge is 0.433 e.